The molecule has 0 saturated heterocycles. The molecule has 0 saturated carbocycles. The van der Waals surface area contributed by atoms with Gasteiger partial charge in [0.25, 0.3) is 0 Å². The second-order valence-corrected chi connectivity index (χ2v) is 7.24. The Bertz CT molecular complexity index is 973. The lowest BCUT2D eigenvalue weighted by molar-refractivity contribution is -0.138. The Balaban J connectivity index is 2.22. The molecule has 0 amide bonds. The average Bonchev–Trinajstić information content (AvgIpc) is 2.89. The number of aliphatic carboxylic acids is 1. The highest BCUT2D eigenvalue weighted by molar-refractivity contribution is 7.51. The number of para-hydroxylation sites is 1. The average molecular weight is 349 g/mol. The van der Waals surface area contributed by atoms with Crippen LogP contribution in [0.15, 0.2) is 40.8 Å². The Morgan fingerprint density at radius 2 is 1.96 bits per heavy atom. The van der Waals surface area contributed by atoms with Gasteiger partial charge >= 0.3 is 13.6 Å². The van der Waals surface area contributed by atoms with Crippen LogP contribution in [0.3, 0.4) is 0 Å². The van der Waals surface area contributed by atoms with Gasteiger partial charge in [0.2, 0.25) is 0 Å². The number of rotatable bonds is 5. The zero-order chi connectivity index (χ0) is 17.5. The van der Waals surface area contributed by atoms with Crippen molar-refractivity contribution in [3.63, 3.8) is 0 Å². The van der Waals surface area contributed by atoms with Crippen molar-refractivity contribution in [3.8, 4) is 0 Å². The van der Waals surface area contributed by atoms with Crippen molar-refractivity contribution >= 4 is 41.2 Å². The number of nitrogens with one attached hydrogen (secondary N) is 1. The third kappa shape index (κ3) is 3.14. The Morgan fingerprint density at radius 1 is 1.25 bits per heavy atom. The van der Waals surface area contributed by atoms with E-state index in [2.05, 4.69) is 5.32 Å². The summed E-state index contributed by atoms with van der Waals surface area (Å²) >= 11 is 0. The number of benzene rings is 2. The molecule has 24 heavy (non-hydrogen) atoms. The molecule has 1 atom stereocenters. The monoisotopic (exact) mass is 349 g/mol. The topological polar surface area (TPSA) is 120 Å². The van der Waals surface area contributed by atoms with E-state index < -0.39 is 25.8 Å². The first-order valence-corrected chi connectivity index (χ1v) is 9.02. The van der Waals surface area contributed by atoms with Crippen LogP contribution in [0.4, 0.5) is 5.69 Å². The van der Waals surface area contributed by atoms with Crippen molar-refractivity contribution in [3.05, 3.63) is 42.0 Å². The van der Waals surface area contributed by atoms with Gasteiger partial charge in [-0.25, -0.2) is 0 Å². The highest BCUT2D eigenvalue weighted by atomic mass is 31.2. The van der Waals surface area contributed by atoms with Gasteiger partial charge in [0.1, 0.15) is 17.5 Å². The standard InChI is InChI=1S/C16H16NO6P/c1-9(16(18)19)10-6-12(17-8-24(20,21)22)15-11-4-2-3-5-13(11)23-14(15)7-10/h2-7,9,17H,8H2,1H3,(H,18,19)(H2,20,21,22)/t9-/m0/s1. The molecule has 8 heteroatoms. The van der Waals surface area contributed by atoms with Crippen LogP contribution in [0, 0.1) is 0 Å². The van der Waals surface area contributed by atoms with Crippen molar-refractivity contribution in [1.29, 1.82) is 0 Å². The molecular formula is C16H16NO6P. The first-order valence-electron chi connectivity index (χ1n) is 7.23. The van der Waals surface area contributed by atoms with Gasteiger partial charge < -0.3 is 24.6 Å². The van der Waals surface area contributed by atoms with E-state index in [4.69, 9.17) is 14.2 Å². The largest absolute Gasteiger partial charge is 0.481 e. The number of carboxylic acid groups (broad SMARTS) is 1. The minimum atomic E-state index is -4.27. The number of furan rings is 1. The van der Waals surface area contributed by atoms with E-state index in [1.165, 1.54) is 0 Å². The summed E-state index contributed by atoms with van der Waals surface area (Å²) in [6.45, 7) is 1.54. The molecule has 0 spiro atoms. The molecule has 3 rings (SSSR count). The summed E-state index contributed by atoms with van der Waals surface area (Å²) < 4.78 is 17.0. The van der Waals surface area contributed by atoms with E-state index in [0.717, 1.165) is 5.39 Å². The maximum atomic E-state index is 11.3. The van der Waals surface area contributed by atoms with Gasteiger partial charge in [0.15, 0.2) is 0 Å². The van der Waals surface area contributed by atoms with E-state index in [9.17, 15) is 14.5 Å². The Kier molecular flexibility index (Phi) is 4.09. The van der Waals surface area contributed by atoms with Crippen LogP contribution in [-0.4, -0.2) is 27.1 Å². The first-order chi connectivity index (χ1) is 11.3. The summed E-state index contributed by atoms with van der Waals surface area (Å²) in [4.78, 5) is 29.5. The minimum absolute atomic E-state index is 0.434. The third-order valence-electron chi connectivity index (χ3n) is 3.85. The van der Waals surface area contributed by atoms with Crippen molar-refractivity contribution in [2.24, 2.45) is 0 Å². The fraction of sp³-hybridized carbons (Fsp3) is 0.188. The molecule has 0 aliphatic rings. The molecule has 0 aliphatic carbocycles. The van der Waals surface area contributed by atoms with Crippen molar-refractivity contribution in [2.45, 2.75) is 12.8 Å². The molecule has 0 unspecified atom stereocenters. The number of anilines is 1. The number of hydrogen-bond acceptors (Lipinski definition) is 4. The summed E-state index contributed by atoms with van der Waals surface area (Å²) in [5.41, 5.74) is 2.01. The lowest BCUT2D eigenvalue weighted by atomic mass is 9.98. The summed E-state index contributed by atoms with van der Waals surface area (Å²) in [7, 11) is -4.27. The van der Waals surface area contributed by atoms with Gasteiger partial charge in [0, 0.05) is 11.1 Å². The fourth-order valence-electron chi connectivity index (χ4n) is 2.60. The number of carboxylic acids is 1. The molecule has 0 fully saturated rings. The Labute approximate surface area is 137 Å². The van der Waals surface area contributed by atoms with Crippen LogP contribution in [0.1, 0.15) is 18.4 Å². The second kappa shape index (κ2) is 5.94. The molecule has 3 aromatic rings. The van der Waals surface area contributed by atoms with Gasteiger partial charge in [-0.15, -0.1) is 0 Å². The maximum absolute atomic E-state index is 11.3. The Hall–Kier alpha value is -2.34. The number of hydrogen-bond donors (Lipinski definition) is 4. The van der Waals surface area contributed by atoms with Crippen LogP contribution in [-0.2, 0) is 9.36 Å². The lowest BCUT2D eigenvalue weighted by Gasteiger charge is -2.13. The van der Waals surface area contributed by atoms with Crippen LogP contribution < -0.4 is 5.32 Å². The molecular weight excluding hydrogens is 333 g/mol. The minimum Gasteiger partial charge on any atom is -0.481 e. The number of carbonyl (C=O) groups is 1. The van der Waals surface area contributed by atoms with E-state index in [0.29, 0.717) is 27.8 Å². The fourth-order valence-corrected chi connectivity index (χ4v) is 2.97. The predicted octanol–water partition coefficient (Wildman–Crippen LogP) is 3.32. The van der Waals surface area contributed by atoms with Gasteiger partial charge in [-0.1, -0.05) is 18.2 Å². The lowest BCUT2D eigenvalue weighted by Crippen LogP contribution is -2.09. The van der Waals surface area contributed by atoms with Crippen molar-refractivity contribution < 1.29 is 28.7 Å². The molecule has 126 valence electrons. The van der Waals surface area contributed by atoms with E-state index in [1.807, 2.05) is 18.2 Å². The quantitative estimate of drug-likeness (QED) is 0.522. The van der Waals surface area contributed by atoms with Crippen molar-refractivity contribution in [1.82, 2.24) is 0 Å². The van der Waals surface area contributed by atoms with Gasteiger partial charge in [-0.2, -0.15) is 0 Å². The summed E-state index contributed by atoms with van der Waals surface area (Å²) in [6, 6.07) is 10.5. The molecule has 0 aliphatic heterocycles. The summed E-state index contributed by atoms with van der Waals surface area (Å²) in [6.07, 6.45) is -0.549. The van der Waals surface area contributed by atoms with Gasteiger partial charge in [-0.3, -0.25) is 9.36 Å². The van der Waals surface area contributed by atoms with Gasteiger partial charge in [-0.05, 0) is 30.7 Å². The van der Waals surface area contributed by atoms with E-state index in [1.54, 1.807) is 25.1 Å². The first kappa shape index (κ1) is 16.5. The zero-order valence-corrected chi connectivity index (χ0v) is 13.7. The van der Waals surface area contributed by atoms with E-state index >= 15 is 0 Å². The second-order valence-electron chi connectivity index (χ2n) is 5.60. The normalized spacial score (nSPS) is 13.3. The molecule has 7 nitrogen and oxygen atoms in total. The SMILES string of the molecule is C[C@H](C(=O)O)c1cc(NCP(=O)(O)O)c2c(c1)oc1ccccc12. The molecule has 0 radical (unpaired) electrons. The zero-order valence-electron chi connectivity index (χ0n) is 12.8. The van der Waals surface area contributed by atoms with Gasteiger partial charge in [0.05, 0.1) is 11.3 Å². The van der Waals surface area contributed by atoms with Crippen LogP contribution in [0.2, 0.25) is 0 Å². The molecule has 4 N–H and O–H groups in total. The number of fused-ring (bicyclic) bond motifs is 3. The third-order valence-corrected chi connectivity index (χ3v) is 4.42. The predicted molar refractivity (Wildman–Crippen MR) is 90.3 cm³/mol. The van der Waals surface area contributed by atoms with Crippen molar-refractivity contribution in [2.75, 3.05) is 11.6 Å². The molecule has 2 aromatic carbocycles. The summed E-state index contributed by atoms with van der Waals surface area (Å²) in [5, 5.41) is 13.4. The van der Waals surface area contributed by atoms with Crippen LogP contribution in [0.25, 0.3) is 21.9 Å². The molecule has 0 bridgehead atoms. The maximum Gasteiger partial charge on any atom is 0.344 e. The highest BCUT2D eigenvalue weighted by Gasteiger charge is 2.20. The Morgan fingerprint density at radius 3 is 2.62 bits per heavy atom. The summed E-state index contributed by atoms with van der Waals surface area (Å²) in [5.74, 6) is -1.77. The molecule has 1 aromatic heterocycles. The smallest absolute Gasteiger partial charge is 0.344 e. The van der Waals surface area contributed by atoms with Crippen LogP contribution >= 0.6 is 7.60 Å². The van der Waals surface area contributed by atoms with E-state index in [-0.39, 0.29) is 0 Å². The molecule has 1 heterocycles. The van der Waals surface area contributed by atoms with Crippen LogP contribution in [0.5, 0.6) is 0 Å². The highest BCUT2D eigenvalue weighted by Crippen LogP contribution is 2.39.